The molecule has 0 heterocycles. The lowest BCUT2D eigenvalue weighted by molar-refractivity contribution is -0.858. The van der Waals surface area contributed by atoms with Gasteiger partial charge in [0.15, 0.2) is 0 Å². The fraction of sp³-hybridized carbons (Fsp3) is 0.867. The summed E-state index contributed by atoms with van der Waals surface area (Å²) in [5, 5.41) is 2.82. The van der Waals surface area contributed by atoms with Gasteiger partial charge >= 0.3 is 6.03 Å². The molecule has 0 saturated carbocycles. The topological polar surface area (TPSA) is 53.9 Å². The van der Waals surface area contributed by atoms with E-state index in [0.717, 1.165) is 19.4 Å². The second-order valence-electron chi connectivity index (χ2n) is 6.74. The first-order chi connectivity index (χ1) is 9.17. The van der Waals surface area contributed by atoms with Gasteiger partial charge in [-0.1, -0.05) is 20.8 Å². The molecule has 0 saturated heterocycles. The number of nitrogens with one attached hydrogen (secondary N) is 2. The fourth-order valence-corrected chi connectivity index (χ4v) is 1.78. The summed E-state index contributed by atoms with van der Waals surface area (Å²) in [5.41, 5.74) is 0.111. The number of rotatable bonds is 7. The van der Waals surface area contributed by atoms with Gasteiger partial charge in [-0.25, -0.2) is 4.79 Å². The molecule has 118 valence electrons. The van der Waals surface area contributed by atoms with Crippen molar-refractivity contribution in [2.45, 2.75) is 47.0 Å². The van der Waals surface area contributed by atoms with Gasteiger partial charge in [-0.05, 0) is 18.8 Å². The lowest BCUT2D eigenvalue weighted by Gasteiger charge is -2.22. The van der Waals surface area contributed by atoms with Crippen molar-refractivity contribution in [2.24, 2.45) is 5.41 Å². The number of nitrogens with zero attached hydrogens (tertiary/aromatic N) is 1. The lowest BCUT2D eigenvalue weighted by atomic mass is 9.90. The van der Waals surface area contributed by atoms with Gasteiger partial charge in [-0.2, -0.15) is 0 Å². The van der Waals surface area contributed by atoms with Crippen LogP contribution in [0.15, 0.2) is 0 Å². The van der Waals surface area contributed by atoms with Gasteiger partial charge in [0, 0.05) is 25.9 Å². The van der Waals surface area contributed by atoms with E-state index >= 15 is 0 Å². The van der Waals surface area contributed by atoms with Gasteiger partial charge in [0.05, 0.1) is 20.6 Å². The Balaban J connectivity index is 4.16. The molecule has 0 atom stereocenters. The Labute approximate surface area is 123 Å². The number of hydrogen-bond donors (Lipinski definition) is 2. The highest BCUT2D eigenvalue weighted by Gasteiger charge is 2.21. The van der Waals surface area contributed by atoms with Crippen LogP contribution in [0.2, 0.25) is 0 Å². The zero-order valence-electron chi connectivity index (χ0n) is 14.0. The number of carbonyl (C=O) groups is 2. The zero-order valence-corrected chi connectivity index (χ0v) is 14.0. The van der Waals surface area contributed by atoms with E-state index in [1.165, 1.54) is 9.80 Å². The summed E-state index contributed by atoms with van der Waals surface area (Å²) in [6.45, 7) is 10.2. The van der Waals surface area contributed by atoms with E-state index < -0.39 is 0 Å². The molecule has 0 aliphatic carbocycles. The fourth-order valence-electron chi connectivity index (χ4n) is 1.78. The summed E-state index contributed by atoms with van der Waals surface area (Å²) < 4.78 is 0. The average molecular weight is 286 g/mol. The van der Waals surface area contributed by atoms with Gasteiger partial charge in [0.2, 0.25) is 5.91 Å². The third-order valence-electron chi connectivity index (χ3n) is 3.08. The van der Waals surface area contributed by atoms with Crippen LogP contribution in [0.4, 0.5) is 4.79 Å². The van der Waals surface area contributed by atoms with Crippen LogP contribution in [-0.2, 0) is 4.79 Å². The second-order valence-corrected chi connectivity index (χ2v) is 6.74. The molecule has 0 bridgehead atoms. The molecule has 3 amide bonds. The molecule has 0 aliphatic heterocycles. The number of imide groups is 1. The van der Waals surface area contributed by atoms with E-state index in [0.29, 0.717) is 19.5 Å². The van der Waals surface area contributed by atoms with Crippen molar-refractivity contribution in [2.75, 3.05) is 33.7 Å². The molecular formula is C15H32N3O2+. The third-order valence-corrected chi connectivity index (χ3v) is 3.08. The Bertz CT molecular complexity index is 309. The zero-order chi connectivity index (χ0) is 15.8. The number of quaternary nitrogens is 1. The Morgan fingerprint density at radius 3 is 2.25 bits per heavy atom. The lowest BCUT2D eigenvalue weighted by Crippen LogP contribution is -3.05. The molecule has 0 aromatic rings. The predicted octanol–water partition coefficient (Wildman–Crippen LogP) is 0.905. The van der Waals surface area contributed by atoms with E-state index in [9.17, 15) is 9.59 Å². The molecule has 20 heavy (non-hydrogen) atoms. The molecule has 0 fully saturated rings. The SMILES string of the molecule is CCN(C(=O)CCC(C)(C)C)C(=O)NCCC[NH+](C)C. The minimum Gasteiger partial charge on any atom is -0.340 e. The third kappa shape index (κ3) is 8.91. The first kappa shape index (κ1) is 18.9. The Morgan fingerprint density at radius 1 is 1.20 bits per heavy atom. The van der Waals surface area contributed by atoms with Gasteiger partial charge in [0.1, 0.15) is 0 Å². The molecular weight excluding hydrogens is 254 g/mol. The smallest absolute Gasteiger partial charge is 0.324 e. The Hall–Kier alpha value is -1.10. The molecule has 2 N–H and O–H groups in total. The number of urea groups is 1. The summed E-state index contributed by atoms with van der Waals surface area (Å²) >= 11 is 0. The molecule has 5 heteroatoms. The van der Waals surface area contributed by atoms with Gasteiger partial charge in [0.25, 0.3) is 0 Å². The highest BCUT2D eigenvalue weighted by molar-refractivity contribution is 5.94. The van der Waals surface area contributed by atoms with Crippen molar-refractivity contribution in [1.82, 2.24) is 10.2 Å². The Morgan fingerprint density at radius 2 is 1.80 bits per heavy atom. The van der Waals surface area contributed by atoms with E-state index in [2.05, 4.69) is 40.2 Å². The molecule has 0 rings (SSSR count). The van der Waals surface area contributed by atoms with Crippen molar-refractivity contribution in [1.29, 1.82) is 0 Å². The van der Waals surface area contributed by atoms with Crippen LogP contribution < -0.4 is 10.2 Å². The Kier molecular flexibility index (Phi) is 8.46. The molecule has 0 spiro atoms. The molecule has 0 aliphatic rings. The highest BCUT2D eigenvalue weighted by Crippen LogP contribution is 2.21. The summed E-state index contributed by atoms with van der Waals surface area (Å²) in [4.78, 5) is 26.7. The van der Waals surface area contributed by atoms with Crippen molar-refractivity contribution in [3.63, 3.8) is 0 Å². The maximum Gasteiger partial charge on any atom is 0.324 e. The minimum atomic E-state index is -0.264. The summed E-state index contributed by atoms with van der Waals surface area (Å²) in [5.74, 6) is -0.0850. The maximum absolute atomic E-state index is 12.1. The van der Waals surface area contributed by atoms with Gasteiger partial charge < -0.3 is 10.2 Å². The highest BCUT2D eigenvalue weighted by atomic mass is 16.2. The van der Waals surface area contributed by atoms with Gasteiger partial charge in [-0.3, -0.25) is 9.69 Å². The van der Waals surface area contributed by atoms with Crippen LogP contribution in [0.3, 0.4) is 0 Å². The monoisotopic (exact) mass is 286 g/mol. The van der Waals surface area contributed by atoms with Crippen molar-refractivity contribution < 1.29 is 14.5 Å². The van der Waals surface area contributed by atoms with Crippen LogP contribution in [-0.4, -0.2) is 50.6 Å². The first-order valence-electron chi connectivity index (χ1n) is 7.54. The summed E-state index contributed by atoms with van der Waals surface area (Å²) in [6, 6.07) is -0.264. The van der Waals surface area contributed by atoms with Crippen LogP contribution in [0.1, 0.15) is 47.0 Å². The summed E-state index contributed by atoms with van der Waals surface area (Å²) in [6.07, 6.45) is 2.13. The minimum absolute atomic E-state index is 0.0850. The number of hydrogen-bond acceptors (Lipinski definition) is 2. The van der Waals surface area contributed by atoms with Crippen LogP contribution in [0.5, 0.6) is 0 Å². The van der Waals surface area contributed by atoms with E-state index in [-0.39, 0.29) is 17.4 Å². The molecule has 0 aromatic heterocycles. The maximum atomic E-state index is 12.1. The molecule has 5 nitrogen and oxygen atoms in total. The van der Waals surface area contributed by atoms with Gasteiger partial charge in [-0.15, -0.1) is 0 Å². The van der Waals surface area contributed by atoms with E-state index in [4.69, 9.17) is 0 Å². The van der Waals surface area contributed by atoms with Crippen molar-refractivity contribution in [3.05, 3.63) is 0 Å². The average Bonchev–Trinajstić information content (AvgIpc) is 2.32. The standard InChI is InChI=1S/C15H31N3O2/c1-7-18(13(19)9-10-15(2,3)4)14(20)16-11-8-12-17(5)6/h7-12H2,1-6H3,(H,16,20)/p+1. The number of carbonyl (C=O) groups excluding carboxylic acids is 2. The quantitative estimate of drug-likeness (QED) is 0.683. The van der Waals surface area contributed by atoms with Crippen LogP contribution in [0, 0.1) is 5.41 Å². The van der Waals surface area contributed by atoms with E-state index in [1.54, 1.807) is 0 Å². The normalized spacial score (nSPS) is 11.6. The molecule has 0 radical (unpaired) electrons. The second kappa shape index (κ2) is 8.95. The predicted molar refractivity (Wildman–Crippen MR) is 81.8 cm³/mol. The summed E-state index contributed by atoms with van der Waals surface area (Å²) in [7, 11) is 4.16. The first-order valence-corrected chi connectivity index (χ1v) is 7.54. The molecule has 0 aromatic carbocycles. The molecule has 0 unspecified atom stereocenters. The van der Waals surface area contributed by atoms with Crippen LogP contribution in [0.25, 0.3) is 0 Å². The number of amides is 3. The van der Waals surface area contributed by atoms with Crippen LogP contribution >= 0.6 is 0 Å². The van der Waals surface area contributed by atoms with Crippen molar-refractivity contribution >= 4 is 11.9 Å². The van der Waals surface area contributed by atoms with Crippen molar-refractivity contribution in [3.8, 4) is 0 Å². The largest absolute Gasteiger partial charge is 0.340 e. The van der Waals surface area contributed by atoms with E-state index in [1.807, 2.05) is 6.92 Å².